The number of ether oxygens (including phenoxy) is 1. The fourth-order valence-electron chi connectivity index (χ4n) is 5.43. The molecule has 214 valence electrons. The van der Waals surface area contributed by atoms with E-state index in [9.17, 15) is 31.1 Å². The molecular weight excluding hydrogens is 537 g/mol. The Morgan fingerprint density at radius 1 is 0.900 bits per heavy atom. The van der Waals surface area contributed by atoms with E-state index in [2.05, 4.69) is 6.92 Å². The van der Waals surface area contributed by atoms with Crippen LogP contribution in [0.2, 0.25) is 0 Å². The number of allylic oxidation sites excluding steroid dienone is 1. The highest BCUT2D eigenvalue weighted by atomic mass is 19.4. The molecule has 0 radical (unpaired) electrons. The minimum absolute atomic E-state index is 0.0258. The van der Waals surface area contributed by atoms with Crippen molar-refractivity contribution < 1.29 is 40.3 Å². The summed E-state index contributed by atoms with van der Waals surface area (Å²) in [6.07, 6.45) is 4.10. The number of halogens is 7. The number of hydrogen-bond acceptors (Lipinski definition) is 2. The number of fused-ring (bicyclic) bond motifs is 1. The van der Waals surface area contributed by atoms with E-state index < -0.39 is 52.3 Å². The van der Waals surface area contributed by atoms with Crippen molar-refractivity contribution in [1.29, 1.82) is 0 Å². The van der Waals surface area contributed by atoms with Gasteiger partial charge in [-0.05, 0) is 47.8 Å². The van der Waals surface area contributed by atoms with E-state index in [-0.39, 0.29) is 22.9 Å². The van der Waals surface area contributed by atoms with Crippen LogP contribution in [-0.4, -0.2) is 12.1 Å². The molecule has 3 aromatic rings. The fraction of sp³-hybridized carbons (Fsp3) is 0.387. The van der Waals surface area contributed by atoms with Gasteiger partial charge in [0.1, 0.15) is 34.6 Å². The van der Waals surface area contributed by atoms with Crippen molar-refractivity contribution in [2.24, 2.45) is 11.8 Å². The lowest BCUT2D eigenvalue weighted by molar-refractivity contribution is -0.0790. The molecule has 0 aromatic heterocycles. The van der Waals surface area contributed by atoms with Gasteiger partial charge >= 0.3 is 12.1 Å². The predicted molar refractivity (Wildman–Crippen MR) is 139 cm³/mol. The van der Waals surface area contributed by atoms with Crippen LogP contribution >= 0.6 is 0 Å². The summed E-state index contributed by atoms with van der Waals surface area (Å²) in [6, 6.07) is 6.76. The van der Waals surface area contributed by atoms with Gasteiger partial charge in [-0.15, -0.1) is 0 Å². The van der Waals surface area contributed by atoms with Crippen LogP contribution in [0.4, 0.5) is 30.7 Å². The molecule has 0 spiro atoms. The Balaban J connectivity index is 1.47. The van der Waals surface area contributed by atoms with Gasteiger partial charge in [0.2, 0.25) is 0 Å². The molecule has 0 heterocycles. The second-order valence-electron chi connectivity index (χ2n) is 10.4. The molecule has 0 unspecified atom stereocenters. The van der Waals surface area contributed by atoms with E-state index in [1.807, 2.05) is 0 Å². The van der Waals surface area contributed by atoms with E-state index >= 15 is 4.39 Å². The number of carbonyl (C=O) groups excluding carboxylic acids is 1. The van der Waals surface area contributed by atoms with Gasteiger partial charge in [-0.2, -0.15) is 13.2 Å². The van der Waals surface area contributed by atoms with Gasteiger partial charge in [-0.3, -0.25) is 0 Å². The van der Waals surface area contributed by atoms with Gasteiger partial charge in [0, 0.05) is 29.2 Å². The number of aryl methyl sites for hydroxylation is 1. The molecule has 4 rings (SSSR count). The third-order valence-electron chi connectivity index (χ3n) is 7.50. The fourth-order valence-corrected chi connectivity index (χ4v) is 5.43. The highest BCUT2D eigenvalue weighted by Gasteiger charge is 2.26. The van der Waals surface area contributed by atoms with Crippen LogP contribution < -0.4 is 4.74 Å². The lowest BCUT2D eigenvalue weighted by atomic mass is 9.78. The highest BCUT2D eigenvalue weighted by Crippen LogP contribution is 2.34. The van der Waals surface area contributed by atoms with E-state index in [4.69, 9.17) is 4.74 Å². The van der Waals surface area contributed by atoms with E-state index in [0.29, 0.717) is 18.1 Å². The SMILES string of the molecule is CCCC1CCC(CCc2ccc3c(F)c(C(=O)Oc4cc(F)c(/C=C/C(F)(F)F)c(F)c4)c(F)cc3c2)CC1. The second kappa shape index (κ2) is 12.4. The molecule has 1 aliphatic rings. The Morgan fingerprint density at radius 3 is 2.12 bits per heavy atom. The maximum absolute atomic E-state index is 15.2. The molecule has 0 saturated heterocycles. The average Bonchev–Trinajstić information content (AvgIpc) is 2.87. The van der Waals surface area contributed by atoms with Gasteiger partial charge in [-0.1, -0.05) is 63.6 Å². The number of alkyl halides is 3. The molecule has 1 aliphatic carbocycles. The van der Waals surface area contributed by atoms with Crippen molar-refractivity contribution in [2.45, 2.75) is 64.5 Å². The second-order valence-corrected chi connectivity index (χ2v) is 10.4. The number of rotatable bonds is 8. The Bertz CT molecular complexity index is 1380. The van der Waals surface area contributed by atoms with Crippen molar-refractivity contribution in [2.75, 3.05) is 0 Å². The quantitative estimate of drug-likeness (QED) is 0.154. The molecule has 0 aliphatic heterocycles. The van der Waals surface area contributed by atoms with Gasteiger partial charge in [0.25, 0.3) is 0 Å². The zero-order valence-corrected chi connectivity index (χ0v) is 21.9. The molecule has 9 heteroatoms. The maximum Gasteiger partial charge on any atom is 0.409 e. The van der Waals surface area contributed by atoms with Crippen molar-refractivity contribution in [3.63, 3.8) is 0 Å². The first-order chi connectivity index (χ1) is 18.9. The summed E-state index contributed by atoms with van der Waals surface area (Å²) in [5.41, 5.74) is -1.14. The Kier molecular flexibility index (Phi) is 9.21. The van der Waals surface area contributed by atoms with Crippen LogP contribution in [0.25, 0.3) is 16.8 Å². The maximum atomic E-state index is 15.2. The summed E-state index contributed by atoms with van der Waals surface area (Å²) >= 11 is 0. The van der Waals surface area contributed by atoms with Crippen molar-refractivity contribution in [3.05, 3.63) is 82.4 Å². The zero-order valence-electron chi connectivity index (χ0n) is 21.9. The third kappa shape index (κ3) is 7.23. The summed E-state index contributed by atoms with van der Waals surface area (Å²) in [7, 11) is 0. The van der Waals surface area contributed by atoms with E-state index in [1.165, 1.54) is 44.6 Å². The molecule has 0 atom stereocenters. The highest BCUT2D eigenvalue weighted by molar-refractivity contribution is 5.97. The average molecular weight is 567 g/mol. The minimum atomic E-state index is -4.80. The van der Waals surface area contributed by atoms with Crippen molar-refractivity contribution in [1.82, 2.24) is 0 Å². The van der Waals surface area contributed by atoms with E-state index in [0.717, 1.165) is 30.4 Å². The van der Waals surface area contributed by atoms with Crippen molar-refractivity contribution >= 4 is 22.8 Å². The zero-order chi connectivity index (χ0) is 29.0. The smallest absolute Gasteiger partial charge is 0.409 e. The van der Waals surface area contributed by atoms with E-state index in [1.54, 1.807) is 12.1 Å². The minimum Gasteiger partial charge on any atom is -0.423 e. The summed E-state index contributed by atoms with van der Waals surface area (Å²) < 4.78 is 100. The third-order valence-corrected chi connectivity index (χ3v) is 7.50. The van der Waals surface area contributed by atoms with Crippen LogP contribution in [0.1, 0.15) is 73.4 Å². The first-order valence-corrected chi connectivity index (χ1v) is 13.3. The van der Waals surface area contributed by atoms with Crippen LogP contribution in [-0.2, 0) is 6.42 Å². The number of hydrogen-bond donors (Lipinski definition) is 0. The van der Waals surface area contributed by atoms with Crippen LogP contribution in [0.5, 0.6) is 5.75 Å². The summed E-state index contributed by atoms with van der Waals surface area (Å²) in [4.78, 5) is 12.6. The van der Waals surface area contributed by atoms with Crippen molar-refractivity contribution in [3.8, 4) is 5.75 Å². The molecule has 3 aromatic carbocycles. The first-order valence-electron chi connectivity index (χ1n) is 13.3. The molecular formula is C31H29F7O2. The molecule has 0 bridgehead atoms. The summed E-state index contributed by atoms with van der Waals surface area (Å²) in [5.74, 6) is -6.18. The topological polar surface area (TPSA) is 26.3 Å². The Labute approximate surface area is 227 Å². The molecule has 1 saturated carbocycles. The molecule has 40 heavy (non-hydrogen) atoms. The van der Waals surface area contributed by atoms with Gasteiger partial charge in [0.05, 0.1) is 0 Å². The molecule has 0 amide bonds. The standard InChI is InChI=1S/C31H29F7O2/c1-2-3-18-4-6-19(7-5-18)8-9-20-10-11-23-21(14-20)15-27(34)28(29(23)35)30(39)40-22-16-25(32)24(26(33)17-22)12-13-31(36,37)38/h10-19H,2-9H2,1H3/b13-12+. The predicted octanol–water partition coefficient (Wildman–Crippen LogP) is 9.73. The largest absolute Gasteiger partial charge is 0.423 e. The molecule has 1 fully saturated rings. The first kappa shape index (κ1) is 29.6. The molecule has 2 nitrogen and oxygen atoms in total. The number of esters is 1. The summed E-state index contributed by atoms with van der Waals surface area (Å²) in [6.45, 7) is 2.20. The lowest BCUT2D eigenvalue weighted by Crippen LogP contribution is -2.15. The Morgan fingerprint density at radius 2 is 1.52 bits per heavy atom. The normalized spacial score (nSPS) is 18.0. The summed E-state index contributed by atoms with van der Waals surface area (Å²) in [5, 5.41) is 0.232. The lowest BCUT2D eigenvalue weighted by Gasteiger charge is -2.28. The van der Waals surface area contributed by atoms with Gasteiger partial charge in [-0.25, -0.2) is 22.4 Å². The van der Waals surface area contributed by atoms with Crippen LogP contribution in [0.15, 0.2) is 42.5 Å². The van der Waals surface area contributed by atoms with Crippen LogP contribution in [0.3, 0.4) is 0 Å². The number of benzene rings is 3. The monoisotopic (exact) mass is 566 g/mol. The van der Waals surface area contributed by atoms with Crippen LogP contribution in [0, 0.1) is 35.1 Å². The molecule has 0 N–H and O–H groups in total. The number of carbonyl (C=O) groups is 1. The van der Waals surface area contributed by atoms with Gasteiger partial charge < -0.3 is 4.74 Å². The van der Waals surface area contributed by atoms with Gasteiger partial charge in [0.15, 0.2) is 0 Å². The Hall–Kier alpha value is -3.36.